The van der Waals surface area contributed by atoms with Crippen LogP contribution in [0.3, 0.4) is 0 Å². The average Bonchev–Trinajstić information content (AvgIpc) is 3.36. The summed E-state index contributed by atoms with van der Waals surface area (Å²) in [5.41, 5.74) is 5.73. The Hall–Kier alpha value is -3.66. The van der Waals surface area contributed by atoms with E-state index < -0.39 is 0 Å². The second kappa shape index (κ2) is 9.23. The fourth-order valence-corrected chi connectivity index (χ4v) is 4.65. The quantitative estimate of drug-likeness (QED) is 0.363. The first-order valence-electron chi connectivity index (χ1n) is 11.4. The molecule has 32 heavy (non-hydrogen) atoms. The lowest BCUT2D eigenvalue weighted by Gasteiger charge is -2.24. The molecule has 1 saturated carbocycles. The van der Waals surface area contributed by atoms with Gasteiger partial charge in [-0.2, -0.15) is 0 Å². The van der Waals surface area contributed by atoms with Crippen molar-refractivity contribution in [2.45, 2.75) is 38.0 Å². The van der Waals surface area contributed by atoms with E-state index in [9.17, 15) is 4.79 Å². The third-order valence-corrected chi connectivity index (χ3v) is 6.30. The molecule has 1 aliphatic rings. The van der Waals surface area contributed by atoms with Crippen molar-refractivity contribution in [1.82, 2.24) is 9.97 Å². The van der Waals surface area contributed by atoms with Gasteiger partial charge in [0.1, 0.15) is 5.82 Å². The second-order valence-electron chi connectivity index (χ2n) is 8.47. The molecule has 1 heterocycles. The molecule has 0 aliphatic heterocycles. The minimum absolute atomic E-state index is 0.0484. The molecule has 0 spiro atoms. The molecule has 1 aliphatic carbocycles. The van der Waals surface area contributed by atoms with Crippen LogP contribution in [0, 0.1) is 0 Å². The van der Waals surface area contributed by atoms with Gasteiger partial charge in [0.25, 0.3) is 5.91 Å². The van der Waals surface area contributed by atoms with Gasteiger partial charge in [-0.15, -0.1) is 0 Å². The van der Waals surface area contributed by atoms with Crippen molar-refractivity contribution < 1.29 is 4.79 Å². The highest BCUT2D eigenvalue weighted by molar-refractivity contribution is 6.05. The fraction of sp³-hybridized carbons (Fsp3) is 0.214. The smallest absolute Gasteiger partial charge is 0.255 e. The minimum Gasteiger partial charge on any atom is -0.338 e. The summed E-state index contributed by atoms with van der Waals surface area (Å²) < 4.78 is 0. The molecular weight excluding hydrogens is 394 g/mol. The van der Waals surface area contributed by atoms with Crippen LogP contribution < -0.4 is 5.32 Å². The number of anilines is 1. The molecule has 4 heteroatoms. The lowest BCUT2D eigenvalue weighted by molar-refractivity contribution is 0.102. The normalized spacial score (nSPS) is 14.2. The van der Waals surface area contributed by atoms with E-state index in [1.54, 1.807) is 0 Å². The molecule has 1 amide bonds. The zero-order valence-corrected chi connectivity index (χ0v) is 18.1. The van der Waals surface area contributed by atoms with Gasteiger partial charge in [-0.1, -0.05) is 79.9 Å². The van der Waals surface area contributed by atoms with Crippen molar-refractivity contribution >= 4 is 11.6 Å². The first-order valence-corrected chi connectivity index (χ1v) is 11.4. The number of aromatic amines is 1. The summed E-state index contributed by atoms with van der Waals surface area (Å²) in [6.45, 7) is 0. The second-order valence-corrected chi connectivity index (χ2v) is 8.47. The molecule has 2 N–H and O–H groups in total. The highest BCUT2D eigenvalue weighted by Crippen LogP contribution is 2.34. The maximum atomic E-state index is 13.2. The summed E-state index contributed by atoms with van der Waals surface area (Å²) >= 11 is 0. The molecule has 1 aromatic heterocycles. The molecular formula is C28H27N3O. The Balaban J connectivity index is 1.36. The highest BCUT2D eigenvalue weighted by Gasteiger charge is 2.21. The van der Waals surface area contributed by atoms with E-state index in [-0.39, 0.29) is 5.91 Å². The number of hydrogen-bond donors (Lipinski definition) is 2. The molecule has 0 bridgehead atoms. The fourth-order valence-electron chi connectivity index (χ4n) is 4.65. The zero-order valence-electron chi connectivity index (χ0n) is 18.1. The average molecular weight is 422 g/mol. The Labute approximate surface area is 188 Å². The third kappa shape index (κ3) is 4.35. The van der Waals surface area contributed by atoms with Crippen LogP contribution in [0.2, 0.25) is 0 Å². The lowest BCUT2D eigenvalue weighted by Crippen LogP contribution is -2.17. The number of carbonyl (C=O) groups is 1. The molecule has 160 valence electrons. The molecule has 4 aromatic rings. The number of aromatic nitrogens is 2. The molecule has 4 nitrogen and oxygen atoms in total. The molecule has 0 radical (unpaired) electrons. The van der Waals surface area contributed by atoms with Crippen LogP contribution in [0.4, 0.5) is 5.69 Å². The van der Waals surface area contributed by atoms with Crippen LogP contribution in [-0.2, 0) is 0 Å². The number of amides is 1. The molecule has 0 unspecified atom stereocenters. The number of benzene rings is 3. The van der Waals surface area contributed by atoms with Crippen molar-refractivity contribution in [3.05, 3.63) is 96.2 Å². The first-order chi connectivity index (χ1) is 15.8. The van der Waals surface area contributed by atoms with Gasteiger partial charge in [0.05, 0.1) is 11.9 Å². The van der Waals surface area contributed by atoms with E-state index in [0.29, 0.717) is 5.92 Å². The van der Waals surface area contributed by atoms with Crippen LogP contribution in [-0.4, -0.2) is 15.9 Å². The maximum Gasteiger partial charge on any atom is 0.255 e. The molecule has 0 saturated heterocycles. The summed E-state index contributed by atoms with van der Waals surface area (Å²) in [4.78, 5) is 21.1. The summed E-state index contributed by atoms with van der Waals surface area (Å²) in [5, 5.41) is 3.11. The van der Waals surface area contributed by atoms with Crippen LogP contribution in [0.25, 0.3) is 22.6 Å². The molecule has 0 atom stereocenters. The summed E-state index contributed by atoms with van der Waals surface area (Å²) in [7, 11) is 0. The number of carbonyl (C=O) groups excluding carboxylic acids is 1. The lowest BCUT2D eigenvalue weighted by atomic mass is 9.82. The van der Waals surface area contributed by atoms with Crippen molar-refractivity contribution in [3.63, 3.8) is 0 Å². The van der Waals surface area contributed by atoms with Gasteiger partial charge < -0.3 is 10.3 Å². The van der Waals surface area contributed by atoms with Crippen LogP contribution >= 0.6 is 0 Å². The van der Waals surface area contributed by atoms with E-state index in [1.165, 1.54) is 37.7 Å². The zero-order chi connectivity index (χ0) is 21.8. The topological polar surface area (TPSA) is 57.8 Å². The number of nitrogens with one attached hydrogen (secondary N) is 2. The van der Waals surface area contributed by atoms with E-state index in [4.69, 9.17) is 0 Å². The van der Waals surface area contributed by atoms with E-state index in [2.05, 4.69) is 33.5 Å². The van der Waals surface area contributed by atoms with Crippen LogP contribution in [0.5, 0.6) is 0 Å². The van der Waals surface area contributed by atoms with Crippen molar-refractivity contribution in [1.29, 1.82) is 0 Å². The molecule has 3 aromatic carbocycles. The van der Waals surface area contributed by atoms with E-state index in [1.807, 2.05) is 66.9 Å². The first kappa shape index (κ1) is 20.3. The predicted molar refractivity (Wildman–Crippen MR) is 130 cm³/mol. The number of nitrogens with zero attached hydrogens (tertiary/aromatic N) is 1. The number of rotatable bonds is 5. The van der Waals surface area contributed by atoms with E-state index >= 15 is 0 Å². The number of H-pyrrole nitrogens is 1. The Morgan fingerprint density at radius 1 is 0.844 bits per heavy atom. The Morgan fingerprint density at radius 2 is 1.59 bits per heavy atom. The highest BCUT2D eigenvalue weighted by atomic mass is 16.1. The minimum atomic E-state index is -0.0484. The van der Waals surface area contributed by atoms with E-state index in [0.717, 1.165) is 33.9 Å². The summed E-state index contributed by atoms with van der Waals surface area (Å²) in [6, 6.07) is 26.0. The Kier molecular flexibility index (Phi) is 5.84. The largest absolute Gasteiger partial charge is 0.338 e. The third-order valence-electron chi connectivity index (χ3n) is 6.30. The Bertz CT molecular complexity index is 1210. The van der Waals surface area contributed by atoms with Gasteiger partial charge >= 0.3 is 0 Å². The van der Waals surface area contributed by atoms with Gasteiger partial charge in [0.2, 0.25) is 0 Å². The van der Waals surface area contributed by atoms with Gasteiger partial charge in [-0.3, -0.25) is 4.79 Å². The molecule has 5 rings (SSSR count). The SMILES string of the molecule is O=C(Nc1cccc(-c2ncc(-c3ccccc3)[nH]2)c1)c1ccccc1C1CCCCC1. The summed E-state index contributed by atoms with van der Waals surface area (Å²) in [5.74, 6) is 1.21. The predicted octanol–water partition coefficient (Wildman–Crippen LogP) is 7.04. The van der Waals surface area contributed by atoms with Crippen LogP contribution in [0.15, 0.2) is 85.1 Å². The maximum absolute atomic E-state index is 13.2. The number of hydrogen-bond acceptors (Lipinski definition) is 2. The van der Waals surface area contributed by atoms with Gasteiger partial charge in [0, 0.05) is 16.8 Å². The van der Waals surface area contributed by atoms with Crippen molar-refractivity contribution in [2.75, 3.05) is 5.32 Å². The molecule has 1 fully saturated rings. The standard InChI is InChI=1S/C28H27N3O/c32-28(25-17-8-7-16-24(25)20-10-3-1-4-11-20)30-23-15-9-14-22(18-23)27-29-19-26(31-27)21-12-5-2-6-13-21/h2,5-9,12-20H,1,3-4,10-11H2,(H,29,31)(H,30,32). The van der Waals surface area contributed by atoms with Gasteiger partial charge in [-0.25, -0.2) is 4.98 Å². The Morgan fingerprint density at radius 3 is 2.44 bits per heavy atom. The monoisotopic (exact) mass is 421 g/mol. The van der Waals surface area contributed by atoms with Gasteiger partial charge in [-0.05, 0) is 48.1 Å². The van der Waals surface area contributed by atoms with Crippen molar-refractivity contribution in [3.8, 4) is 22.6 Å². The number of imidazole rings is 1. The summed E-state index contributed by atoms with van der Waals surface area (Å²) in [6.07, 6.45) is 7.98. The van der Waals surface area contributed by atoms with Crippen molar-refractivity contribution in [2.24, 2.45) is 0 Å². The van der Waals surface area contributed by atoms with Crippen LogP contribution in [0.1, 0.15) is 53.9 Å². The van der Waals surface area contributed by atoms with Gasteiger partial charge in [0.15, 0.2) is 0 Å².